The molecule has 2 aliphatic heterocycles. The van der Waals surface area contributed by atoms with Crippen molar-refractivity contribution >= 4 is 48.0 Å². The van der Waals surface area contributed by atoms with Crippen LogP contribution in [0.4, 0.5) is 5.69 Å². The first-order chi connectivity index (χ1) is 10.7. The largest absolute Gasteiger partial charge is 0.367 e. The number of carbonyl (C=O) groups excluding carboxylic acids is 1. The van der Waals surface area contributed by atoms with E-state index >= 15 is 0 Å². The smallest absolute Gasteiger partial charge is 0.242 e. The molecule has 2 saturated heterocycles. The Morgan fingerprint density at radius 3 is 2.42 bits per heavy atom. The minimum atomic E-state index is -0.313. The van der Waals surface area contributed by atoms with E-state index in [4.69, 9.17) is 11.6 Å². The maximum atomic E-state index is 12.9. The molecule has 24 heavy (non-hydrogen) atoms. The zero-order valence-corrected chi connectivity index (χ0v) is 16.4. The number of anilines is 1. The Labute approximate surface area is 161 Å². The highest BCUT2D eigenvalue weighted by atomic mass is 35.5. The number of para-hydroxylation sites is 1. The van der Waals surface area contributed by atoms with Gasteiger partial charge in [0, 0.05) is 26.2 Å². The molecule has 4 nitrogen and oxygen atoms in total. The number of carbonyl (C=O) groups is 1. The Hall–Kier alpha value is -0.680. The maximum Gasteiger partial charge on any atom is 0.242 e. The number of amides is 1. The van der Waals surface area contributed by atoms with Gasteiger partial charge in [0.15, 0.2) is 0 Å². The normalized spacial score (nSPS) is 23.4. The first-order valence-corrected chi connectivity index (χ1v) is 8.58. The van der Waals surface area contributed by atoms with Crippen LogP contribution >= 0.6 is 36.4 Å². The summed E-state index contributed by atoms with van der Waals surface area (Å²) < 4.78 is 0. The highest BCUT2D eigenvalue weighted by Crippen LogP contribution is 2.28. The molecule has 1 amide bonds. The summed E-state index contributed by atoms with van der Waals surface area (Å²) in [6, 6.07) is 7.92. The standard InChI is InChI=1S/C17H24ClN3O.2ClH/c1-2-17(8-5-9-19-17)16(22)21-12-10-20(11-13-21)15-7-4-3-6-14(15)18;;/h3-4,6-7,19H,2,5,8-13H2,1H3;2*1H. The Kier molecular flexibility index (Phi) is 8.13. The van der Waals surface area contributed by atoms with E-state index in [1.165, 1.54) is 0 Å². The predicted octanol–water partition coefficient (Wildman–Crippen LogP) is 3.36. The van der Waals surface area contributed by atoms with Gasteiger partial charge >= 0.3 is 0 Å². The number of hydrogen-bond acceptors (Lipinski definition) is 3. The van der Waals surface area contributed by atoms with Crippen molar-refractivity contribution in [3.05, 3.63) is 29.3 Å². The topological polar surface area (TPSA) is 35.6 Å². The molecule has 1 aromatic carbocycles. The molecule has 3 rings (SSSR count). The number of halogens is 3. The van der Waals surface area contributed by atoms with Gasteiger partial charge in [-0.15, -0.1) is 24.8 Å². The average molecular weight is 395 g/mol. The summed E-state index contributed by atoms with van der Waals surface area (Å²) in [7, 11) is 0. The molecule has 2 heterocycles. The zero-order chi connectivity index (χ0) is 15.6. The number of piperazine rings is 1. The van der Waals surface area contributed by atoms with E-state index in [0.29, 0.717) is 0 Å². The lowest BCUT2D eigenvalue weighted by atomic mass is 9.92. The van der Waals surface area contributed by atoms with Crippen LogP contribution in [0.1, 0.15) is 26.2 Å². The Morgan fingerprint density at radius 2 is 1.88 bits per heavy atom. The summed E-state index contributed by atoms with van der Waals surface area (Å²) in [5.74, 6) is 0.284. The lowest BCUT2D eigenvalue weighted by Gasteiger charge is -2.40. The van der Waals surface area contributed by atoms with Crippen LogP contribution in [-0.2, 0) is 4.79 Å². The Balaban J connectivity index is 0.00000144. The van der Waals surface area contributed by atoms with E-state index < -0.39 is 0 Å². The summed E-state index contributed by atoms with van der Waals surface area (Å²) in [6.45, 7) is 6.29. The highest BCUT2D eigenvalue weighted by Gasteiger charge is 2.42. The van der Waals surface area contributed by atoms with Gasteiger partial charge in [0.05, 0.1) is 16.2 Å². The van der Waals surface area contributed by atoms with Gasteiger partial charge in [0.2, 0.25) is 5.91 Å². The van der Waals surface area contributed by atoms with Crippen LogP contribution in [0.3, 0.4) is 0 Å². The number of hydrogen-bond donors (Lipinski definition) is 1. The van der Waals surface area contributed by atoms with E-state index in [2.05, 4.69) is 17.1 Å². The second-order valence-corrected chi connectivity index (χ2v) is 6.60. The monoisotopic (exact) mass is 393 g/mol. The second kappa shape index (κ2) is 9.14. The van der Waals surface area contributed by atoms with Crippen molar-refractivity contribution in [2.75, 3.05) is 37.6 Å². The number of nitrogens with zero attached hydrogens (tertiary/aromatic N) is 2. The molecule has 1 aromatic rings. The molecule has 136 valence electrons. The van der Waals surface area contributed by atoms with E-state index in [-0.39, 0.29) is 36.3 Å². The van der Waals surface area contributed by atoms with Crippen LogP contribution in [0.5, 0.6) is 0 Å². The SMILES string of the molecule is CCC1(C(=O)N2CCN(c3ccccc3Cl)CC2)CCCN1.Cl.Cl. The lowest BCUT2D eigenvalue weighted by molar-refractivity contribution is -0.138. The third-order valence-corrected chi connectivity index (χ3v) is 5.34. The summed E-state index contributed by atoms with van der Waals surface area (Å²) in [6.07, 6.45) is 2.93. The van der Waals surface area contributed by atoms with Crippen LogP contribution in [0.25, 0.3) is 0 Å². The molecular formula is C17H26Cl3N3O. The highest BCUT2D eigenvalue weighted by molar-refractivity contribution is 6.33. The quantitative estimate of drug-likeness (QED) is 0.854. The van der Waals surface area contributed by atoms with Gasteiger partial charge in [-0.05, 0) is 37.9 Å². The van der Waals surface area contributed by atoms with E-state index in [1.807, 2.05) is 29.2 Å². The number of nitrogens with one attached hydrogen (secondary N) is 1. The van der Waals surface area contributed by atoms with Gasteiger partial charge in [-0.2, -0.15) is 0 Å². The van der Waals surface area contributed by atoms with E-state index in [1.54, 1.807) is 0 Å². The fraction of sp³-hybridized carbons (Fsp3) is 0.588. The van der Waals surface area contributed by atoms with Gasteiger partial charge in [-0.3, -0.25) is 4.79 Å². The summed E-state index contributed by atoms with van der Waals surface area (Å²) in [5.41, 5.74) is 0.757. The molecule has 0 spiro atoms. The van der Waals surface area contributed by atoms with Gasteiger partial charge in [0.25, 0.3) is 0 Å². The van der Waals surface area contributed by atoms with Crippen molar-refractivity contribution in [3.63, 3.8) is 0 Å². The predicted molar refractivity (Wildman–Crippen MR) is 105 cm³/mol. The third-order valence-electron chi connectivity index (χ3n) is 5.02. The molecule has 1 unspecified atom stereocenters. The number of benzene rings is 1. The second-order valence-electron chi connectivity index (χ2n) is 6.20. The molecule has 0 aliphatic carbocycles. The summed E-state index contributed by atoms with van der Waals surface area (Å²) in [4.78, 5) is 17.2. The van der Waals surface area contributed by atoms with Crippen molar-refractivity contribution in [2.24, 2.45) is 0 Å². The van der Waals surface area contributed by atoms with Crippen molar-refractivity contribution < 1.29 is 4.79 Å². The Bertz CT molecular complexity index is 542. The van der Waals surface area contributed by atoms with Crippen molar-refractivity contribution in [1.82, 2.24) is 10.2 Å². The fourth-order valence-electron chi connectivity index (χ4n) is 3.60. The van der Waals surface area contributed by atoms with E-state index in [9.17, 15) is 4.79 Å². The molecule has 1 atom stereocenters. The van der Waals surface area contributed by atoms with Gasteiger partial charge < -0.3 is 15.1 Å². The van der Waals surface area contributed by atoms with Crippen LogP contribution in [-0.4, -0.2) is 49.1 Å². The van der Waals surface area contributed by atoms with Crippen molar-refractivity contribution in [1.29, 1.82) is 0 Å². The molecule has 2 fully saturated rings. The summed E-state index contributed by atoms with van der Waals surface area (Å²) >= 11 is 6.27. The zero-order valence-electron chi connectivity index (χ0n) is 14.0. The minimum absolute atomic E-state index is 0. The van der Waals surface area contributed by atoms with Gasteiger partial charge in [0.1, 0.15) is 0 Å². The third kappa shape index (κ3) is 4.10. The van der Waals surface area contributed by atoms with E-state index in [0.717, 1.165) is 62.7 Å². The van der Waals surface area contributed by atoms with Gasteiger partial charge in [-0.25, -0.2) is 0 Å². The van der Waals surface area contributed by atoms with Crippen molar-refractivity contribution in [3.8, 4) is 0 Å². The minimum Gasteiger partial charge on any atom is -0.367 e. The molecule has 0 radical (unpaired) electrons. The molecule has 0 aromatic heterocycles. The van der Waals surface area contributed by atoms with Gasteiger partial charge in [-0.1, -0.05) is 30.7 Å². The average Bonchev–Trinajstić information content (AvgIpc) is 3.05. The molecular weight excluding hydrogens is 369 g/mol. The molecule has 1 N–H and O–H groups in total. The Morgan fingerprint density at radius 1 is 1.21 bits per heavy atom. The maximum absolute atomic E-state index is 12.9. The van der Waals surface area contributed by atoms with Crippen LogP contribution in [0, 0.1) is 0 Å². The lowest BCUT2D eigenvalue weighted by Crippen LogP contribution is -2.59. The van der Waals surface area contributed by atoms with Crippen LogP contribution in [0.2, 0.25) is 5.02 Å². The first kappa shape index (κ1) is 21.4. The summed E-state index contributed by atoms with van der Waals surface area (Å²) in [5, 5.41) is 4.23. The first-order valence-electron chi connectivity index (χ1n) is 8.20. The van der Waals surface area contributed by atoms with Crippen molar-refractivity contribution in [2.45, 2.75) is 31.7 Å². The molecule has 2 aliphatic rings. The molecule has 0 saturated carbocycles. The number of rotatable bonds is 3. The molecule has 7 heteroatoms. The van der Waals surface area contributed by atoms with Crippen LogP contribution < -0.4 is 10.2 Å². The van der Waals surface area contributed by atoms with Crippen LogP contribution in [0.15, 0.2) is 24.3 Å². The fourth-order valence-corrected chi connectivity index (χ4v) is 3.86. The molecule has 0 bridgehead atoms.